The van der Waals surface area contributed by atoms with E-state index in [9.17, 15) is 17.6 Å². The molecule has 0 fully saturated rings. The molecule has 0 radical (unpaired) electrons. The van der Waals surface area contributed by atoms with Crippen LogP contribution in [0.3, 0.4) is 0 Å². The Morgan fingerprint density at radius 1 is 1.21 bits per heavy atom. The Hall–Kier alpha value is -1.83. The van der Waals surface area contributed by atoms with Crippen molar-refractivity contribution in [1.29, 1.82) is 0 Å². The molecule has 4 nitrogen and oxygen atoms in total. The Morgan fingerprint density at radius 3 is 2.54 bits per heavy atom. The number of benzene rings is 1. The fourth-order valence-corrected chi connectivity index (χ4v) is 2.18. The molecule has 24 heavy (non-hydrogen) atoms. The summed E-state index contributed by atoms with van der Waals surface area (Å²) >= 11 is 0. The quantitative estimate of drug-likeness (QED) is 0.328. The molecule has 0 aliphatic heterocycles. The van der Waals surface area contributed by atoms with Crippen LogP contribution in [0.2, 0.25) is 0 Å². The highest BCUT2D eigenvalue weighted by Gasteiger charge is 2.28. The Kier molecular flexibility index (Phi) is 8.53. The fourth-order valence-electron chi connectivity index (χ4n) is 2.18. The average Bonchev–Trinajstić information content (AvgIpc) is 2.48. The first kappa shape index (κ1) is 20.2. The number of nitrogens with zero attached hydrogens (tertiary/aromatic N) is 2. The maximum absolute atomic E-state index is 13.1. The van der Waals surface area contributed by atoms with Crippen molar-refractivity contribution in [3.63, 3.8) is 0 Å². The molecule has 1 rings (SSSR count). The van der Waals surface area contributed by atoms with Crippen molar-refractivity contribution in [1.82, 2.24) is 15.5 Å². The number of nitrogens with one attached hydrogen (secondary N) is 2. The monoisotopic (exact) mass is 348 g/mol. The third kappa shape index (κ3) is 9.34. The molecule has 0 aliphatic carbocycles. The van der Waals surface area contributed by atoms with E-state index in [2.05, 4.69) is 15.6 Å². The molecule has 0 unspecified atom stereocenters. The van der Waals surface area contributed by atoms with Crippen molar-refractivity contribution in [3.05, 3.63) is 35.6 Å². The predicted octanol–water partition coefficient (Wildman–Crippen LogP) is 2.42. The number of alkyl halides is 3. The summed E-state index contributed by atoms with van der Waals surface area (Å²) in [6, 6.07) is 6.38. The lowest BCUT2D eigenvalue weighted by molar-refractivity contribution is -0.143. The standard InChI is InChI=1S/C16H24F4N4/c1-21-15(22-8-4-10-24(2)12-16(18,19)20)23-9-7-13-5-3-6-14(17)11-13/h3,5-6,11H,4,7-10,12H2,1-2H3,(H2,21,22,23). The van der Waals surface area contributed by atoms with Crippen molar-refractivity contribution >= 4 is 5.96 Å². The SMILES string of the molecule is CN=C(NCCCN(C)CC(F)(F)F)NCCc1cccc(F)c1. The van der Waals surface area contributed by atoms with E-state index in [-0.39, 0.29) is 5.82 Å². The van der Waals surface area contributed by atoms with Gasteiger partial charge in [-0.25, -0.2) is 4.39 Å². The normalized spacial score (nSPS) is 12.5. The zero-order valence-corrected chi connectivity index (χ0v) is 14.0. The van der Waals surface area contributed by atoms with Gasteiger partial charge in [0.1, 0.15) is 5.82 Å². The van der Waals surface area contributed by atoms with Crippen molar-refractivity contribution in [2.45, 2.75) is 19.0 Å². The topological polar surface area (TPSA) is 39.7 Å². The molecule has 0 saturated carbocycles. The third-order valence-corrected chi connectivity index (χ3v) is 3.28. The van der Waals surface area contributed by atoms with Crippen LogP contribution in [0.4, 0.5) is 17.6 Å². The second kappa shape index (κ2) is 10.1. The maximum atomic E-state index is 13.1. The Labute approximate surface area is 139 Å². The number of halogens is 4. The zero-order valence-electron chi connectivity index (χ0n) is 14.0. The molecule has 2 N–H and O–H groups in total. The number of hydrogen-bond donors (Lipinski definition) is 2. The van der Waals surface area contributed by atoms with E-state index in [1.54, 1.807) is 13.1 Å². The van der Waals surface area contributed by atoms with E-state index in [1.165, 1.54) is 24.1 Å². The van der Waals surface area contributed by atoms with Crippen molar-refractivity contribution in [2.24, 2.45) is 4.99 Å². The van der Waals surface area contributed by atoms with Gasteiger partial charge in [-0.05, 0) is 44.1 Å². The zero-order chi connectivity index (χ0) is 18.0. The van der Waals surface area contributed by atoms with Gasteiger partial charge in [0.2, 0.25) is 0 Å². The minimum atomic E-state index is -4.17. The van der Waals surface area contributed by atoms with Crippen LogP contribution in [-0.2, 0) is 6.42 Å². The van der Waals surface area contributed by atoms with Gasteiger partial charge in [-0.15, -0.1) is 0 Å². The van der Waals surface area contributed by atoms with Gasteiger partial charge in [-0.1, -0.05) is 12.1 Å². The lowest BCUT2D eigenvalue weighted by atomic mass is 10.1. The smallest absolute Gasteiger partial charge is 0.356 e. The van der Waals surface area contributed by atoms with Gasteiger partial charge in [0.15, 0.2) is 5.96 Å². The summed E-state index contributed by atoms with van der Waals surface area (Å²) in [6.45, 7) is 0.527. The molecule has 1 aromatic rings. The van der Waals surface area contributed by atoms with Crippen LogP contribution in [0.1, 0.15) is 12.0 Å². The largest absolute Gasteiger partial charge is 0.401 e. The molecule has 0 bridgehead atoms. The van der Waals surface area contributed by atoms with Gasteiger partial charge in [-0.3, -0.25) is 9.89 Å². The first-order valence-electron chi connectivity index (χ1n) is 7.74. The van der Waals surface area contributed by atoms with Gasteiger partial charge in [0.25, 0.3) is 0 Å². The molecular formula is C16H24F4N4. The van der Waals surface area contributed by atoms with E-state index >= 15 is 0 Å². The summed E-state index contributed by atoms with van der Waals surface area (Å²) in [5, 5.41) is 6.13. The summed E-state index contributed by atoms with van der Waals surface area (Å²) in [4.78, 5) is 5.28. The first-order valence-corrected chi connectivity index (χ1v) is 7.74. The lowest BCUT2D eigenvalue weighted by Crippen LogP contribution is -2.40. The Morgan fingerprint density at radius 2 is 1.92 bits per heavy atom. The van der Waals surface area contributed by atoms with Gasteiger partial charge >= 0.3 is 6.18 Å². The second-order valence-electron chi connectivity index (χ2n) is 5.51. The molecule has 8 heteroatoms. The molecule has 0 amide bonds. The molecule has 0 aromatic heterocycles. The number of aliphatic imine (C=N–C) groups is 1. The molecule has 0 spiro atoms. The van der Waals surface area contributed by atoms with E-state index in [1.807, 2.05) is 6.07 Å². The lowest BCUT2D eigenvalue weighted by Gasteiger charge is -2.19. The molecule has 0 aliphatic rings. The summed E-state index contributed by atoms with van der Waals surface area (Å²) in [5.74, 6) is 0.308. The minimum absolute atomic E-state index is 0.266. The van der Waals surface area contributed by atoms with Crippen LogP contribution in [0.15, 0.2) is 29.3 Å². The van der Waals surface area contributed by atoms with Crippen LogP contribution in [0, 0.1) is 5.82 Å². The van der Waals surface area contributed by atoms with E-state index < -0.39 is 12.7 Å². The average molecular weight is 348 g/mol. The summed E-state index contributed by atoms with van der Waals surface area (Å²) in [6.07, 6.45) is -2.96. The maximum Gasteiger partial charge on any atom is 0.401 e. The minimum Gasteiger partial charge on any atom is -0.356 e. The van der Waals surface area contributed by atoms with Crippen molar-refractivity contribution in [2.75, 3.05) is 40.3 Å². The highest BCUT2D eigenvalue weighted by atomic mass is 19.4. The van der Waals surface area contributed by atoms with Crippen LogP contribution in [0.5, 0.6) is 0 Å². The highest BCUT2D eigenvalue weighted by Crippen LogP contribution is 2.15. The van der Waals surface area contributed by atoms with Crippen molar-refractivity contribution < 1.29 is 17.6 Å². The van der Waals surface area contributed by atoms with Crippen LogP contribution in [-0.4, -0.2) is 57.3 Å². The van der Waals surface area contributed by atoms with Crippen LogP contribution < -0.4 is 10.6 Å². The molecule has 0 saturated heterocycles. The van der Waals surface area contributed by atoms with Gasteiger partial charge < -0.3 is 10.6 Å². The third-order valence-electron chi connectivity index (χ3n) is 3.28. The number of hydrogen-bond acceptors (Lipinski definition) is 2. The van der Waals surface area contributed by atoms with E-state index in [0.29, 0.717) is 38.4 Å². The summed E-state index contributed by atoms with van der Waals surface area (Å²) in [7, 11) is 3.06. The van der Waals surface area contributed by atoms with E-state index in [0.717, 1.165) is 5.56 Å². The van der Waals surface area contributed by atoms with E-state index in [4.69, 9.17) is 0 Å². The van der Waals surface area contributed by atoms with Gasteiger partial charge in [0, 0.05) is 20.1 Å². The molecule has 0 heterocycles. The molecular weight excluding hydrogens is 324 g/mol. The summed E-state index contributed by atoms with van der Waals surface area (Å²) in [5.41, 5.74) is 0.881. The number of rotatable bonds is 8. The molecule has 0 atom stereocenters. The highest BCUT2D eigenvalue weighted by molar-refractivity contribution is 5.79. The fraction of sp³-hybridized carbons (Fsp3) is 0.562. The first-order chi connectivity index (χ1) is 11.3. The Bertz CT molecular complexity index is 517. The van der Waals surface area contributed by atoms with Crippen LogP contribution in [0.25, 0.3) is 0 Å². The Balaban J connectivity index is 2.19. The van der Waals surface area contributed by atoms with Gasteiger partial charge in [0.05, 0.1) is 6.54 Å². The van der Waals surface area contributed by atoms with Crippen LogP contribution >= 0.6 is 0 Å². The van der Waals surface area contributed by atoms with Gasteiger partial charge in [-0.2, -0.15) is 13.2 Å². The molecule has 1 aromatic carbocycles. The number of guanidine groups is 1. The summed E-state index contributed by atoms with van der Waals surface area (Å²) < 4.78 is 49.6. The molecule has 136 valence electrons. The van der Waals surface area contributed by atoms with Crippen molar-refractivity contribution in [3.8, 4) is 0 Å². The predicted molar refractivity (Wildman–Crippen MR) is 87.6 cm³/mol. The second-order valence-corrected chi connectivity index (χ2v) is 5.51.